The third kappa shape index (κ3) is 5.10. The van der Waals surface area contributed by atoms with Gasteiger partial charge in [0.05, 0.1) is 11.5 Å². The van der Waals surface area contributed by atoms with Crippen molar-refractivity contribution < 1.29 is 22.7 Å². The Morgan fingerprint density at radius 2 is 1.63 bits per heavy atom. The number of piperazine rings is 1. The van der Waals surface area contributed by atoms with Gasteiger partial charge in [0.1, 0.15) is 0 Å². The molecule has 0 atom stereocenters. The molecule has 1 aliphatic rings. The lowest BCUT2D eigenvalue weighted by molar-refractivity contribution is 0.0570. The Balaban J connectivity index is 1.69. The van der Waals surface area contributed by atoms with Gasteiger partial charge in [-0.1, -0.05) is 23.8 Å². The van der Waals surface area contributed by atoms with Gasteiger partial charge in [0.15, 0.2) is 0 Å². The maximum atomic E-state index is 12.9. The molecule has 0 saturated carbocycles. The van der Waals surface area contributed by atoms with Gasteiger partial charge in [-0.05, 0) is 44.2 Å². The second kappa shape index (κ2) is 9.17. The summed E-state index contributed by atoms with van der Waals surface area (Å²) in [5.74, 6) is -0.272. The molecule has 2 aromatic carbocycles. The minimum atomic E-state index is -3.83. The van der Waals surface area contributed by atoms with Gasteiger partial charge in [-0.3, -0.25) is 9.52 Å². The number of nitrogens with one attached hydrogen (secondary N) is 1. The fraction of sp³-hybridized carbons (Fsp3) is 0.333. The summed E-state index contributed by atoms with van der Waals surface area (Å²) < 4.78 is 33.0. The molecule has 9 heteroatoms. The molecular weight excluding hydrogens is 406 g/mol. The second-order valence-corrected chi connectivity index (χ2v) is 8.66. The van der Waals surface area contributed by atoms with E-state index in [1.165, 1.54) is 12.1 Å². The first-order chi connectivity index (χ1) is 14.3. The van der Waals surface area contributed by atoms with Crippen molar-refractivity contribution >= 4 is 27.7 Å². The van der Waals surface area contributed by atoms with E-state index in [0.29, 0.717) is 38.5 Å². The van der Waals surface area contributed by atoms with E-state index in [4.69, 9.17) is 4.74 Å². The van der Waals surface area contributed by atoms with Gasteiger partial charge in [-0.25, -0.2) is 13.2 Å². The molecule has 0 bridgehead atoms. The predicted octanol–water partition coefficient (Wildman–Crippen LogP) is 2.71. The number of hydrogen-bond acceptors (Lipinski definition) is 5. The third-order valence-electron chi connectivity index (χ3n) is 4.79. The number of aryl methyl sites for hydroxylation is 1. The van der Waals surface area contributed by atoms with Crippen molar-refractivity contribution in [3.63, 3.8) is 0 Å². The third-order valence-corrected chi connectivity index (χ3v) is 6.17. The summed E-state index contributed by atoms with van der Waals surface area (Å²) in [4.78, 5) is 27.8. The second-order valence-electron chi connectivity index (χ2n) is 6.98. The van der Waals surface area contributed by atoms with Crippen LogP contribution in [0.3, 0.4) is 0 Å². The summed E-state index contributed by atoms with van der Waals surface area (Å²) in [5.41, 5.74) is 1.76. The summed E-state index contributed by atoms with van der Waals surface area (Å²) in [6, 6.07) is 13.0. The lowest BCUT2D eigenvalue weighted by Gasteiger charge is -2.34. The molecule has 0 aliphatic carbocycles. The Morgan fingerprint density at radius 3 is 2.27 bits per heavy atom. The van der Waals surface area contributed by atoms with Gasteiger partial charge in [-0.2, -0.15) is 0 Å². The van der Waals surface area contributed by atoms with E-state index in [9.17, 15) is 18.0 Å². The number of ether oxygens (including phenoxy) is 1. The topological polar surface area (TPSA) is 96.0 Å². The number of carbonyl (C=O) groups excluding carboxylic acids is 2. The van der Waals surface area contributed by atoms with E-state index in [1.807, 2.05) is 19.1 Å². The first-order valence-corrected chi connectivity index (χ1v) is 11.2. The van der Waals surface area contributed by atoms with Crippen molar-refractivity contribution in [2.45, 2.75) is 18.7 Å². The van der Waals surface area contributed by atoms with Crippen LogP contribution in [0.25, 0.3) is 0 Å². The smallest absolute Gasteiger partial charge is 0.409 e. The standard InChI is InChI=1S/C21H25N3O5S/c1-3-29-21(26)24-13-11-23(12-14-24)20(25)17-5-4-6-19(15-17)30(27,28)22-18-9-7-16(2)8-10-18/h4-10,15,22H,3,11-14H2,1-2H3. The van der Waals surface area contributed by atoms with Crippen LogP contribution in [0.4, 0.5) is 10.5 Å². The van der Waals surface area contributed by atoms with Crippen LogP contribution in [0.2, 0.25) is 0 Å². The van der Waals surface area contributed by atoms with Crippen molar-refractivity contribution in [3.8, 4) is 0 Å². The van der Waals surface area contributed by atoms with Crippen molar-refractivity contribution in [1.82, 2.24) is 9.80 Å². The van der Waals surface area contributed by atoms with E-state index < -0.39 is 10.0 Å². The molecule has 1 fully saturated rings. The molecule has 160 valence electrons. The van der Waals surface area contributed by atoms with Gasteiger partial charge >= 0.3 is 6.09 Å². The SMILES string of the molecule is CCOC(=O)N1CCN(C(=O)c2cccc(S(=O)(=O)Nc3ccc(C)cc3)c2)CC1. The maximum Gasteiger partial charge on any atom is 0.409 e. The summed E-state index contributed by atoms with van der Waals surface area (Å²) in [7, 11) is -3.83. The normalized spacial score (nSPS) is 14.3. The molecular formula is C21H25N3O5S. The first kappa shape index (κ1) is 21.6. The molecule has 0 unspecified atom stereocenters. The maximum absolute atomic E-state index is 12.9. The van der Waals surface area contributed by atoms with E-state index in [2.05, 4.69) is 4.72 Å². The van der Waals surface area contributed by atoms with Crippen molar-refractivity contribution in [2.75, 3.05) is 37.5 Å². The highest BCUT2D eigenvalue weighted by Gasteiger charge is 2.26. The molecule has 8 nitrogen and oxygen atoms in total. The Labute approximate surface area is 176 Å². The summed E-state index contributed by atoms with van der Waals surface area (Å²) >= 11 is 0. The van der Waals surface area contributed by atoms with Crippen LogP contribution in [0.1, 0.15) is 22.8 Å². The Hall–Kier alpha value is -3.07. The van der Waals surface area contributed by atoms with Crippen molar-refractivity contribution in [2.24, 2.45) is 0 Å². The molecule has 1 heterocycles. The fourth-order valence-corrected chi connectivity index (χ4v) is 4.23. The van der Waals surface area contributed by atoms with Crippen LogP contribution >= 0.6 is 0 Å². The van der Waals surface area contributed by atoms with Crippen LogP contribution in [-0.2, 0) is 14.8 Å². The average molecular weight is 432 g/mol. The minimum Gasteiger partial charge on any atom is -0.450 e. The largest absolute Gasteiger partial charge is 0.450 e. The number of hydrogen-bond donors (Lipinski definition) is 1. The zero-order valence-corrected chi connectivity index (χ0v) is 17.8. The Bertz CT molecular complexity index is 1010. The highest BCUT2D eigenvalue weighted by atomic mass is 32.2. The number of rotatable bonds is 5. The molecule has 1 aliphatic heterocycles. The van der Waals surface area contributed by atoms with Crippen molar-refractivity contribution in [3.05, 3.63) is 59.7 Å². The molecule has 2 aromatic rings. The lowest BCUT2D eigenvalue weighted by atomic mass is 10.2. The number of benzene rings is 2. The van der Waals surface area contributed by atoms with Gasteiger partial charge in [0, 0.05) is 37.4 Å². The van der Waals surface area contributed by atoms with Crippen LogP contribution in [0.5, 0.6) is 0 Å². The average Bonchev–Trinajstić information content (AvgIpc) is 2.75. The van der Waals surface area contributed by atoms with Gasteiger partial charge in [0.2, 0.25) is 0 Å². The zero-order valence-electron chi connectivity index (χ0n) is 17.0. The molecule has 1 N–H and O–H groups in total. The molecule has 30 heavy (non-hydrogen) atoms. The number of carbonyl (C=O) groups is 2. The number of amides is 2. The molecule has 2 amide bonds. The van der Waals surface area contributed by atoms with E-state index in [-0.39, 0.29) is 22.5 Å². The Kier molecular flexibility index (Phi) is 6.61. The predicted molar refractivity (Wildman–Crippen MR) is 113 cm³/mol. The quantitative estimate of drug-likeness (QED) is 0.785. The fourth-order valence-electron chi connectivity index (χ4n) is 3.12. The summed E-state index contributed by atoms with van der Waals surface area (Å²) in [6.45, 7) is 5.42. The highest BCUT2D eigenvalue weighted by Crippen LogP contribution is 2.19. The molecule has 1 saturated heterocycles. The van der Waals surface area contributed by atoms with E-state index >= 15 is 0 Å². The van der Waals surface area contributed by atoms with E-state index in [1.54, 1.807) is 41.0 Å². The van der Waals surface area contributed by atoms with Crippen molar-refractivity contribution in [1.29, 1.82) is 0 Å². The molecule has 0 aromatic heterocycles. The lowest BCUT2D eigenvalue weighted by Crippen LogP contribution is -2.50. The van der Waals surface area contributed by atoms with Crippen LogP contribution in [0.15, 0.2) is 53.4 Å². The van der Waals surface area contributed by atoms with E-state index in [0.717, 1.165) is 5.56 Å². The first-order valence-electron chi connectivity index (χ1n) is 9.70. The Morgan fingerprint density at radius 1 is 1.00 bits per heavy atom. The number of nitrogens with zero attached hydrogens (tertiary/aromatic N) is 2. The zero-order chi connectivity index (χ0) is 21.7. The van der Waals surface area contributed by atoms with Crippen LogP contribution in [0, 0.1) is 6.92 Å². The van der Waals surface area contributed by atoms with Gasteiger partial charge in [-0.15, -0.1) is 0 Å². The molecule has 0 spiro atoms. The molecule has 0 radical (unpaired) electrons. The summed E-state index contributed by atoms with van der Waals surface area (Å²) in [5, 5.41) is 0. The minimum absolute atomic E-state index is 0.0130. The van der Waals surface area contributed by atoms with Crippen LogP contribution < -0.4 is 4.72 Å². The molecule has 3 rings (SSSR count). The monoisotopic (exact) mass is 431 g/mol. The summed E-state index contributed by atoms with van der Waals surface area (Å²) in [6.07, 6.45) is -0.389. The number of anilines is 1. The van der Waals surface area contributed by atoms with Gasteiger partial charge in [0.25, 0.3) is 15.9 Å². The highest BCUT2D eigenvalue weighted by molar-refractivity contribution is 7.92. The van der Waals surface area contributed by atoms with Gasteiger partial charge < -0.3 is 14.5 Å². The van der Waals surface area contributed by atoms with Crippen LogP contribution in [-0.4, -0.2) is 63.0 Å². The number of sulfonamides is 1.